The number of nitrogens with one attached hydrogen (secondary N) is 1. The van der Waals surface area contributed by atoms with Gasteiger partial charge < -0.3 is 5.73 Å². The van der Waals surface area contributed by atoms with E-state index in [1.807, 2.05) is 0 Å². The SMILES string of the molecule is CC(C(=N)N)N(C)S(=O)(=O)C(C)(C)C. The number of hydrogen-bond acceptors (Lipinski definition) is 3. The smallest absolute Gasteiger partial charge is 0.219 e. The molecular formula is C8H19N3O2S. The molecule has 0 saturated carbocycles. The summed E-state index contributed by atoms with van der Waals surface area (Å²) in [7, 11) is -1.97. The Labute approximate surface area is 85.8 Å². The number of amidine groups is 1. The van der Waals surface area contributed by atoms with Gasteiger partial charge >= 0.3 is 0 Å². The lowest BCUT2D eigenvalue weighted by Gasteiger charge is -2.30. The van der Waals surface area contributed by atoms with Crippen molar-refractivity contribution >= 4 is 15.9 Å². The van der Waals surface area contributed by atoms with Crippen molar-refractivity contribution in [3.63, 3.8) is 0 Å². The number of nitrogens with two attached hydrogens (primary N) is 1. The molecule has 0 aromatic rings. The van der Waals surface area contributed by atoms with E-state index in [9.17, 15) is 8.42 Å². The molecule has 0 rings (SSSR count). The highest BCUT2D eigenvalue weighted by atomic mass is 32.2. The van der Waals surface area contributed by atoms with Gasteiger partial charge in [-0.25, -0.2) is 8.42 Å². The van der Waals surface area contributed by atoms with Crippen LogP contribution in [0.15, 0.2) is 0 Å². The van der Waals surface area contributed by atoms with Gasteiger partial charge in [0.1, 0.15) is 5.84 Å². The van der Waals surface area contributed by atoms with Crippen molar-refractivity contribution in [2.45, 2.75) is 38.5 Å². The predicted molar refractivity (Wildman–Crippen MR) is 57.8 cm³/mol. The van der Waals surface area contributed by atoms with E-state index in [-0.39, 0.29) is 5.84 Å². The zero-order valence-electron chi connectivity index (χ0n) is 9.33. The van der Waals surface area contributed by atoms with Crippen LogP contribution in [0.25, 0.3) is 0 Å². The normalized spacial score (nSPS) is 15.6. The average molecular weight is 221 g/mol. The summed E-state index contributed by atoms with van der Waals surface area (Å²) in [6, 6.07) is -0.598. The molecular weight excluding hydrogens is 202 g/mol. The maximum atomic E-state index is 11.9. The van der Waals surface area contributed by atoms with Crippen LogP contribution in [-0.4, -0.2) is 36.4 Å². The minimum atomic E-state index is -3.41. The lowest BCUT2D eigenvalue weighted by atomic mass is 10.3. The third kappa shape index (κ3) is 2.45. The Kier molecular flexibility index (Phi) is 3.69. The van der Waals surface area contributed by atoms with Crippen LogP contribution in [0.5, 0.6) is 0 Å². The minimum absolute atomic E-state index is 0.152. The average Bonchev–Trinajstić information content (AvgIpc) is 1.99. The highest BCUT2D eigenvalue weighted by molar-refractivity contribution is 7.90. The summed E-state index contributed by atoms with van der Waals surface area (Å²) in [5.41, 5.74) is 5.25. The molecule has 1 unspecified atom stereocenters. The summed E-state index contributed by atoms with van der Waals surface area (Å²) in [6.07, 6.45) is 0. The molecule has 3 N–H and O–H groups in total. The second-order valence-corrected chi connectivity index (χ2v) is 7.02. The molecule has 0 heterocycles. The molecule has 0 amide bonds. The molecule has 0 aliphatic rings. The summed E-state index contributed by atoms with van der Waals surface area (Å²) in [4.78, 5) is 0. The molecule has 1 atom stereocenters. The highest BCUT2D eigenvalue weighted by Crippen LogP contribution is 2.20. The first-order chi connectivity index (χ1) is 6.01. The fourth-order valence-corrected chi connectivity index (χ4v) is 2.23. The lowest BCUT2D eigenvalue weighted by Crippen LogP contribution is -2.49. The number of hydrogen-bond donors (Lipinski definition) is 2. The molecule has 0 bridgehead atoms. The molecule has 0 fully saturated rings. The Balaban J connectivity index is 5.06. The molecule has 5 nitrogen and oxygen atoms in total. The third-order valence-corrected chi connectivity index (χ3v) is 4.77. The number of nitrogens with zero attached hydrogens (tertiary/aromatic N) is 1. The van der Waals surface area contributed by atoms with E-state index in [0.29, 0.717) is 0 Å². The fraction of sp³-hybridized carbons (Fsp3) is 0.875. The van der Waals surface area contributed by atoms with Crippen molar-refractivity contribution in [2.75, 3.05) is 7.05 Å². The van der Waals surface area contributed by atoms with Gasteiger partial charge in [0.2, 0.25) is 10.0 Å². The van der Waals surface area contributed by atoms with Gasteiger partial charge in [0.05, 0.1) is 10.8 Å². The number of likely N-dealkylation sites (N-methyl/N-ethyl adjacent to an activating group) is 1. The van der Waals surface area contributed by atoms with E-state index in [1.165, 1.54) is 7.05 Å². The van der Waals surface area contributed by atoms with Crippen LogP contribution in [0, 0.1) is 5.41 Å². The minimum Gasteiger partial charge on any atom is -0.386 e. The predicted octanol–water partition coefficient (Wildman–Crippen LogP) is 0.371. The molecule has 6 heteroatoms. The first-order valence-electron chi connectivity index (χ1n) is 4.33. The summed E-state index contributed by atoms with van der Waals surface area (Å²) in [5, 5.41) is 7.19. The van der Waals surface area contributed by atoms with Gasteiger partial charge in [-0.15, -0.1) is 0 Å². The summed E-state index contributed by atoms with van der Waals surface area (Å²) in [5.74, 6) is -0.152. The van der Waals surface area contributed by atoms with Gasteiger partial charge in [-0.3, -0.25) is 5.41 Å². The van der Waals surface area contributed by atoms with Gasteiger partial charge in [-0.1, -0.05) is 0 Å². The van der Waals surface area contributed by atoms with E-state index in [0.717, 1.165) is 4.31 Å². The summed E-state index contributed by atoms with van der Waals surface area (Å²) >= 11 is 0. The zero-order chi connectivity index (χ0) is 11.7. The van der Waals surface area contributed by atoms with Gasteiger partial charge in [0.15, 0.2) is 0 Å². The fourth-order valence-electron chi connectivity index (χ4n) is 0.836. The molecule has 14 heavy (non-hydrogen) atoms. The van der Waals surface area contributed by atoms with E-state index in [1.54, 1.807) is 27.7 Å². The summed E-state index contributed by atoms with van der Waals surface area (Å²) in [6.45, 7) is 6.44. The Bertz CT molecular complexity index is 316. The molecule has 0 aromatic heterocycles. The molecule has 84 valence electrons. The van der Waals surface area contributed by atoms with Gasteiger partial charge in [0, 0.05) is 7.05 Å². The van der Waals surface area contributed by atoms with Gasteiger partial charge in [-0.2, -0.15) is 4.31 Å². The Morgan fingerprint density at radius 2 is 1.79 bits per heavy atom. The maximum absolute atomic E-state index is 11.9. The molecule has 0 aliphatic carbocycles. The standard InChI is InChI=1S/C8H19N3O2S/c1-6(7(9)10)11(5)14(12,13)8(2,3)4/h6H,1-5H3,(H3,9,10). The van der Waals surface area contributed by atoms with Crippen LogP contribution in [0.1, 0.15) is 27.7 Å². The summed E-state index contributed by atoms with van der Waals surface area (Å²) < 4.78 is 24.0. The zero-order valence-corrected chi connectivity index (χ0v) is 10.1. The van der Waals surface area contributed by atoms with Crippen LogP contribution in [0.2, 0.25) is 0 Å². The van der Waals surface area contributed by atoms with Crippen molar-refractivity contribution in [1.29, 1.82) is 5.41 Å². The number of sulfonamides is 1. The van der Waals surface area contributed by atoms with Crippen molar-refractivity contribution in [3.8, 4) is 0 Å². The van der Waals surface area contributed by atoms with Crippen LogP contribution >= 0.6 is 0 Å². The number of rotatable bonds is 3. The second-order valence-electron chi connectivity index (χ2n) is 4.26. The largest absolute Gasteiger partial charge is 0.386 e. The quantitative estimate of drug-likeness (QED) is 0.533. The topological polar surface area (TPSA) is 87.2 Å². The van der Waals surface area contributed by atoms with Crippen molar-refractivity contribution in [2.24, 2.45) is 5.73 Å². The molecule has 0 aliphatic heterocycles. The Morgan fingerprint density at radius 3 is 2.00 bits per heavy atom. The molecule has 0 saturated heterocycles. The first-order valence-corrected chi connectivity index (χ1v) is 5.77. The third-order valence-electron chi connectivity index (χ3n) is 2.15. The second kappa shape index (κ2) is 3.86. The van der Waals surface area contributed by atoms with Crippen molar-refractivity contribution in [1.82, 2.24) is 4.31 Å². The van der Waals surface area contributed by atoms with Crippen molar-refractivity contribution < 1.29 is 8.42 Å². The van der Waals surface area contributed by atoms with E-state index in [2.05, 4.69) is 0 Å². The molecule has 0 aromatic carbocycles. The first kappa shape index (κ1) is 13.4. The maximum Gasteiger partial charge on any atom is 0.219 e. The highest BCUT2D eigenvalue weighted by Gasteiger charge is 2.36. The van der Waals surface area contributed by atoms with E-state index >= 15 is 0 Å². The van der Waals surface area contributed by atoms with E-state index < -0.39 is 20.8 Å². The van der Waals surface area contributed by atoms with Gasteiger partial charge in [0.25, 0.3) is 0 Å². The van der Waals surface area contributed by atoms with Gasteiger partial charge in [-0.05, 0) is 27.7 Å². The van der Waals surface area contributed by atoms with Crippen molar-refractivity contribution in [3.05, 3.63) is 0 Å². The van der Waals surface area contributed by atoms with Crippen LogP contribution < -0.4 is 5.73 Å². The van der Waals surface area contributed by atoms with Crippen LogP contribution in [0.4, 0.5) is 0 Å². The Hall–Kier alpha value is -0.620. The van der Waals surface area contributed by atoms with E-state index in [4.69, 9.17) is 11.1 Å². The molecule has 0 radical (unpaired) electrons. The lowest BCUT2D eigenvalue weighted by molar-refractivity contribution is 0.426. The molecule has 0 spiro atoms. The van der Waals surface area contributed by atoms with Crippen LogP contribution in [-0.2, 0) is 10.0 Å². The Morgan fingerprint density at radius 1 is 1.43 bits per heavy atom. The monoisotopic (exact) mass is 221 g/mol. The van der Waals surface area contributed by atoms with Crippen LogP contribution in [0.3, 0.4) is 0 Å².